The summed E-state index contributed by atoms with van der Waals surface area (Å²) in [6.45, 7) is 3.87. The fraction of sp³-hybridized carbons (Fsp3) is 0.591. The number of hydrogen-bond acceptors (Lipinski definition) is 1. The normalized spacial score (nSPS) is 11.8. The van der Waals surface area contributed by atoms with Crippen molar-refractivity contribution < 1.29 is 9.90 Å². The third-order valence-corrected chi connectivity index (χ3v) is 5.97. The van der Waals surface area contributed by atoms with Crippen molar-refractivity contribution in [1.29, 1.82) is 0 Å². The lowest BCUT2D eigenvalue weighted by Crippen LogP contribution is -1.96. The van der Waals surface area contributed by atoms with E-state index in [2.05, 4.69) is 50.9 Å². The van der Waals surface area contributed by atoms with Gasteiger partial charge in [-0.25, -0.2) is 4.79 Å². The van der Waals surface area contributed by atoms with Gasteiger partial charge < -0.3 is 5.11 Å². The molecule has 0 aliphatic heterocycles. The number of hydrogen-bond donors (Lipinski definition) is 1. The summed E-state index contributed by atoms with van der Waals surface area (Å²) in [6.07, 6.45) is 16.2. The summed E-state index contributed by atoms with van der Waals surface area (Å²) in [6, 6.07) is 4.22. The van der Waals surface area contributed by atoms with Crippen LogP contribution in [0, 0.1) is 0 Å². The molecule has 0 saturated heterocycles. The molecule has 1 aromatic carbocycles. The molecule has 0 unspecified atom stereocenters. The van der Waals surface area contributed by atoms with Crippen molar-refractivity contribution in [2.24, 2.45) is 0 Å². The van der Waals surface area contributed by atoms with Crippen molar-refractivity contribution in [3.63, 3.8) is 0 Å². The number of unbranched alkanes of at least 4 members (excludes halogenated alkanes) is 9. The van der Waals surface area contributed by atoms with Gasteiger partial charge in [0.15, 0.2) is 0 Å². The Morgan fingerprint density at radius 1 is 0.923 bits per heavy atom. The summed E-state index contributed by atoms with van der Waals surface area (Å²) in [4.78, 5) is 11.0. The quantitative estimate of drug-likeness (QED) is 0.225. The molecule has 0 bridgehead atoms. The van der Waals surface area contributed by atoms with Gasteiger partial charge in [0.25, 0.3) is 0 Å². The third kappa shape index (κ3) is 9.36. The summed E-state index contributed by atoms with van der Waals surface area (Å²) < 4.78 is 1.88. The number of aliphatic carboxylic acids is 1. The van der Waals surface area contributed by atoms with Gasteiger partial charge in [0.1, 0.15) is 0 Å². The van der Waals surface area contributed by atoms with Gasteiger partial charge in [-0.15, -0.1) is 0 Å². The van der Waals surface area contributed by atoms with Gasteiger partial charge in [0.05, 0.1) is 0 Å². The van der Waals surface area contributed by atoms with Crippen molar-refractivity contribution in [2.75, 3.05) is 0 Å². The molecule has 0 fully saturated rings. The zero-order valence-electron chi connectivity index (χ0n) is 16.1. The summed E-state index contributed by atoms with van der Waals surface area (Å²) in [5.74, 6) is -0.891. The molecule has 1 N–H and O–H groups in total. The van der Waals surface area contributed by atoms with Crippen LogP contribution in [0.4, 0.5) is 0 Å². The first-order chi connectivity index (χ1) is 12.5. The topological polar surface area (TPSA) is 37.3 Å². The molecule has 0 spiro atoms. The molecule has 4 heteroatoms. The maximum absolute atomic E-state index is 11.0. The second-order valence-electron chi connectivity index (χ2n) is 7.04. The van der Waals surface area contributed by atoms with Crippen LogP contribution >= 0.6 is 31.9 Å². The van der Waals surface area contributed by atoms with Crippen LogP contribution in [0.5, 0.6) is 0 Å². The second-order valence-corrected chi connectivity index (χ2v) is 8.75. The van der Waals surface area contributed by atoms with Crippen LogP contribution in [0.2, 0.25) is 0 Å². The minimum atomic E-state index is -0.891. The van der Waals surface area contributed by atoms with Crippen LogP contribution in [0.1, 0.15) is 89.2 Å². The molecule has 146 valence electrons. The van der Waals surface area contributed by atoms with Crippen molar-refractivity contribution in [1.82, 2.24) is 0 Å². The van der Waals surface area contributed by atoms with Crippen LogP contribution in [0.15, 0.2) is 26.7 Å². The third-order valence-electron chi connectivity index (χ3n) is 4.66. The van der Waals surface area contributed by atoms with Crippen LogP contribution in [-0.2, 0) is 11.2 Å². The lowest BCUT2D eigenvalue weighted by atomic mass is 10.0. The second kappa shape index (κ2) is 13.5. The van der Waals surface area contributed by atoms with Gasteiger partial charge in [-0.3, -0.25) is 0 Å². The van der Waals surface area contributed by atoms with Crippen LogP contribution in [0.25, 0.3) is 6.08 Å². The van der Waals surface area contributed by atoms with Crippen molar-refractivity contribution in [2.45, 2.75) is 84.5 Å². The number of carbonyl (C=O) groups is 1. The minimum absolute atomic E-state index is 0.328. The van der Waals surface area contributed by atoms with Gasteiger partial charge in [0.2, 0.25) is 0 Å². The molecule has 0 aliphatic carbocycles. The number of carboxylic acids is 1. The molecule has 2 nitrogen and oxygen atoms in total. The lowest BCUT2D eigenvalue weighted by molar-refractivity contribution is -0.132. The van der Waals surface area contributed by atoms with E-state index in [0.717, 1.165) is 20.9 Å². The lowest BCUT2D eigenvalue weighted by Gasteiger charge is -2.09. The van der Waals surface area contributed by atoms with Crippen molar-refractivity contribution in [3.8, 4) is 0 Å². The van der Waals surface area contributed by atoms with E-state index in [1.165, 1.54) is 69.8 Å². The van der Waals surface area contributed by atoms with Crippen molar-refractivity contribution in [3.05, 3.63) is 37.8 Å². The highest BCUT2D eigenvalue weighted by Gasteiger charge is 2.08. The molecule has 0 aromatic heterocycles. The molecular weight excluding hydrogens is 456 g/mol. The van der Waals surface area contributed by atoms with E-state index in [9.17, 15) is 4.79 Å². The maximum atomic E-state index is 11.0. The Balaban J connectivity index is 2.34. The average Bonchev–Trinajstić information content (AvgIpc) is 2.59. The van der Waals surface area contributed by atoms with Crippen molar-refractivity contribution >= 4 is 43.9 Å². The first kappa shape index (κ1) is 23.4. The first-order valence-corrected chi connectivity index (χ1v) is 11.4. The highest BCUT2D eigenvalue weighted by atomic mass is 79.9. The fourth-order valence-corrected chi connectivity index (χ4v) is 4.52. The van der Waals surface area contributed by atoms with E-state index in [4.69, 9.17) is 5.11 Å². The molecule has 1 rings (SSSR count). The Kier molecular flexibility index (Phi) is 12.2. The highest BCUT2D eigenvalue weighted by molar-refractivity contribution is 9.11. The zero-order chi connectivity index (χ0) is 19.4. The van der Waals surface area contributed by atoms with Crippen LogP contribution in [0.3, 0.4) is 0 Å². The Morgan fingerprint density at radius 3 is 1.85 bits per heavy atom. The number of benzene rings is 1. The van der Waals surface area contributed by atoms with E-state index in [-0.39, 0.29) is 0 Å². The van der Waals surface area contributed by atoms with Gasteiger partial charge in [-0.1, -0.05) is 96.6 Å². The average molecular weight is 488 g/mol. The van der Waals surface area contributed by atoms with E-state index >= 15 is 0 Å². The molecule has 0 aliphatic rings. The summed E-state index contributed by atoms with van der Waals surface area (Å²) >= 11 is 7.15. The Labute approximate surface area is 175 Å². The van der Waals surface area contributed by atoms with Gasteiger partial charge in [-0.2, -0.15) is 0 Å². The number of aryl methyl sites for hydroxylation is 1. The SMILES string of the molecule is CCCCCCCCCCCCc1cc(Br)c(C=C(C)C(=O)O)c(Br)c1. The Hall–Kier alpha value is -0.610. The predicted octanol–water partition coefficient (Wildman–Crippen LogP) is 8.16. The molecule has 1 aromatic rings. The van der Waals surface area contributed by atoms with Crippen LogP contribution < -0.4 is 0 Å². The maximum Gasteiger partial charge on any atom is 0.331 e. The van der Waals surface area contributed by atoms with E-state index in [1.54, 1.807) is 13.0 Å². The smallest absolute Gasteiger partial charge is 0.331 e. The van der Waals surface area contributed by atoms with E-state index < -0.39 is 5.97 Å². The first-order valence-electron chi connectivity index (χ1n) is 9.85. The number of halogens is 2. The zero-order valence-corrected chi connectivity index (χ0v) is 19.3. The van der Waals surface area contributed by atoms with Gasteiger partial charge in [-0.05, 0) is 43.5 Å². The largest absolute Gasteiger partial charge is 0.478 e. The van der Waals surface area contributed by atoms with E-state index in [0.29, 0.717) is 5.57 Å². The summed E-state index contributed by atoms with van der Waals surface area (Å²) in [7, 11) is 0. The summed E-state index contributed by atoms with van der Waals surface area (Å²) in [5, 5.41) is 9.04. The molecule has 0 atom stereocenters. The molecule has 0 heterocycles. The minimum Gasteiger partial charge on any atom is -0.478 e. The number of rotatable bonds is 13. The Morgan fingerprint density at radius 2 is 1.38 bits per heavy atom. The summed E-state index contributed by atoms with van der Waals surface area (Å²) in [5.41, 5.74) is 2.50. The fourth-order valence-electron chi connectivity index (χ4n) is 3.01. The van der Waals surface area contributed by atoms with Crippen LogP contribution in [-0.4, -0.2) is 11.1 Å². The highest BCUT2D eigenvalue weighted by Crippen LogP contribution is 2.30. The Bertz CT molecular complexity index is 571. The molecule has 0 radical (unpaired) electrons. The monoisotopic (exact) mass is 486 g/mol. The molecular formula is C22H32Br2O2. The number of carboxylic acid groups (broad SMARTS) is 1. The van der Waals surface area contributed by atoms with Gasteiger partial charge >= 0.3 is 5.97 Å². The van der Waals surface area contributed by atoms with Gasteiger partial charge in [0, 0.05) is 20.1 Å². The molecule has 26 heavy (non-hydrogen) atoms. The molecule has 0 amide bonds. The predicted molar refractivity (Wildman–Crippen MR) is 119 cm³/mol. The van der Waals surface area contributed by atoms with E-state index in [1.807, 2.05) is 0 Å². The standard InChI is InChI=1S/C22H32Br2O2/c1-3-4-5-6-7-8-9-10-11-12-13-18-15-20(23)19(21(24)16-18)14-17(2)22(25)26/h14-16H,3-13H2,1-2H3,(H,25,26). The molecule has 0 saturated carbocycles.